The van der Waals surface area contributed by atoms with E-state index in [0.717, 1.165) is 17.1 Å². The fourth-order valence-electron chi connectivity index (χ4n) is 2.20. The highest BCUT2D eigenvalue weighted by Gasteiger charge is 2.30. The summed E-state index contributed by atoms with van der Waals surface area (Å²) in [7, 11) is 0. The Bertz CT molecular complexity index is 750. The van der Waals surface area contributed by atoms with Gasteiger partial charge in [0.25, 0.3) is 0 Å². The minimum Gasteiger partial charge on any atom is -0.368 e. The zero-order valence-electron chi connectivity index (χ0n) is 14.0. The number of hydrogen-bond acceptors (Lipinski definition) is 5. The minimum atomic E-state index is -4.43. The Hall–Kier alpha value is -2.82. The first-order valence-electron chi connectivity index (χ1n) is 7.89. The van der Waals surface area contributed by atoms with Gasteiger partial charge in [-0.2, -0.15) is 13.2 Å². The molecule has 3 amide bonds. The van der Waals surface area contributed by atoms with Crippen molar-refractivity contribution in [2.24, 2.45) is 5.73 Å². The molecule has 2 aromatic rings. The van der Waals surface area contributed by atoms with Crippen molar-refractivity contribution in [3.63, 3.8) is 0 Å². The van der Waals surface area contributed by atoms with Crippen LogP contribution in [0.2, 0.25) is 0 Å². The number of anilines is 1. The number of primary amides is 1. The molecule has 27 heavy (non-hydrogen) atoms. The maximum Gasteiger partial charge on any atom is 0.417 e. The number of aromatic nitrogens is 1. The molecule has 0 saturated heterocycles. The topological polar surface area (TPSA) is 109 Å². The van der Waals surface area contributed by atoms with E-state index in [1.165, 1.54) is 17.4 Å². The van der Waals surface area contributed by atoms with Crippen LogP contribution in [0.5, 0.6) is 0 Å². The summed E-state index contributed by atoms with van der Waals surface area (Å²) < 4.78 is 37.4. The van der Waals surface area contributed by atoms with Gasteiger partial charge in [0.2, 0.25) is 5.91 Å². The second kappa shape index (κ2) is 9.21. The summed E-state index contributed by atoms with van der Waals surface area (Å²) >= 11 is 1.39. The third-order valence-electron chi connectivity index (χ3n) is 3.44. The number of nitrogens with two attached hydrogens (primary N) is 1. The molecule has 11 heteroatoms. The first kappa shape index (κ1) is 20.5. The molecule has 1 atom stereocenters. The van der Waals surface area contributed by atoms with E-state index in [-0.39, 0.29) is 31.2 Å². The monoisotopic (exact) mass is 401 g/mol. The number of amides is 3. The van der Waals surface area contributed by atoms with Crippen LogP contribution in [0.3, 0.4) is 0 Å². The lowest BCUT2D eigenvalue weighted by atomic mass is 10.1. The Morgan fingerprint density at radius 1 is 1.22 bits per heavy atom. The van der Waals surface area contributed by atoms with Crippen LogP contribution in [0, 0.1) is 0 Å². The maximum absolute atomic E-state index is 12.5. The third kappa shape index (κ3) is 6.77. The summed E-state index contributed by atoms with van der Waals surface area (Å²) in [4.78, 5) is 27.6. The van der Waals surface area contributed by atoms with E-state index < -0.39 is 23.8 Å². The average molecular weight is 401 g/mol. The molecule has 0 fully saturated rings. The standard InChI is InChI=1S/C16H18F3N5O2S/c17-16(18,19)10-3-4-13(23-9-10)21-5-6-22-14(25)8-11(24-15(20)26)12-2-1-7-27-12/h1-4,7,9,11H,5-6,8H2,(H,21,23)(H,22,25)(H3,20,24,26). The van der Waals surface area contributed by atoms with Crippen LogP contribution in [0.1, 0.15) is 22.9 Å². The van der Waals surface area contributed by atoms with Gasteiger partial charge in [-0.1, -0.05) is 6.07 Å². The molecule has 0 aliphatic carbocycles. The molecule has 0 aromatic carbocycles. The zero-order chi connectivity index (χ0) is 19.9. The first-order valence-corrected chi connectivity index (χ1v) is 8.77. The Morgan fingerprint density at radius 2 is 2.00 bits per heavy atom. The second-order valence-corrected chi connectivity index (χ2v) is 6.47. The highest BCUT2D eigenvalue weighted by atomic mass is 32.1. The molecular formula is C16H18F3N5O2S. The number of carbonyl (C=O) groups is 2. The number of rotatable bonds is 8. The SMILES string of the molecule is NC(=O)NC(CC(=O)NCCNc1ccc(C(F)(F)F)cn1)c1cccs1. The molecule has 146 valence electrons. The predicted octanol–water partition coefficient (Wildman–Crippen LogP) is 2.49. The van der Waals surface area contributed by atoms with Crippen molar-refractivity contribution in [3.8, 4) is 0 Å². The molecule has 7 nitrogen and oxygen atoms in total. The molecule has 5 N–H and O–H groups in total. The summed E-state index contributed by atoms with van der Waals surface area (Å²) in [5.74, 6) is -0.0339. The average Bonchev–Trinajstić information content (AvgIpc) is 3.12. The van der Waals surface area contributed by atoms with Gasteiger partial charge >= 0.3 is 12.2 Å². The second-order valence-electron chi connectivity index (χ2n) is 5.49. The molecular weight excluding hydrogens is 383 g/mol. The highest BCUT2D eigenvalue weighted by molar-refractivity contribution is 7.10. The van der Waals surface area contributed by atoms with Crippen molar-refractivity contribution in [2.45, 2.75) is 18.6 Å². The minimum absolute atomic E-state index is 0.0159. The molecule has 0 bridgehead atoms. The van der Waals surface area contributed by atoms with Crippen LogP contribution in [-0.4, -0.2) is 30.0 Å². The first-order chi connectivity index (χ1) is 12.8. The predicted molar refractivity (Wildman–Crippen MR) is 95.1 cm³/mol. The summed E-state index contributed by atoms with van der Waals surface area (Å²) in [6.45, 7) is 0.506. The molecule has 1 unspecified atom stereocenters. The van der Waals surface area contributed by atoms with Crippen LogP contribution >= 0.6 is 11.3 Å². The Kier molecular flexibility index (Phi) is 6.99. The fourth-order valence-corrected chi connectivity index (χ4v) is 2.98. The van der Waals surface area contributed by atoms with Crippen LogP contribution in [0.4, 0.5) is 23.8 Å². The highest BCUT2D eigenvalue weighted by Crippen LogP contribution is 2.28. The maximum atomic E-state index is 12.5. The van der Waals surface area contributed by atoms with Crippen LogP contribution < -0.4 is 21.7 Å². The molecule has 0 radical (unpaired) electrons. The molecule has 0 spiro atoms. The van der Waals surface area contributed by atoms with Gasteiger partial charge in [-0.25, -0.2) is 9.78 Å². The Morgan fingerprint density at radius 3 is 2.56 bits per heavy atom. The van der Waals surface area contributed by atoms with Gasteiger partial charge < -0.3 is 21.7 Å². The van der Waals surface area contributed by atoms with E-state index >= 15 is 0 Å². The van der Waals surface area contributed by atoms with Crippen LogP contribution in [-0.2, 0) is 11.0 Å². The van der Waals surface area contributed by atoms with Gasteiger partial charge in [0.05, 0.1) is 18.0 Å². The van der Waals surface area contributed by atoms with Crippen LogP contribution in [0.15, 0.2) is 35.8 Å². The van der Waals surface area contributed by atoms with Crippen molar-refractivity contribution in [2.75, 3.05) is 18.4 Å². The van der Waals surface area contributed by atoms with Crippen molar-refractivity contribution in [3.05, 3.63) is 46.3 Å². The summed E-state index contributed by atoms with van der Waals surface area (Å²) in [6.07, 6.45) is -3.68. The number of hydrogen-bond donors (Lipinski definition) is 4. The number of nitrogens with one attached hydrogen (secondary N) is 3. The lowest BCUT2D eigenvalue weighted by molar-refractivity contribution is -0.137. The Balaban J connectivity index is 1.76. The van der Waals surface area contributed by atoms with E-state index in [4.69, 9.17) is 5.73 Å². The molecule has 2 rings (SSSR count). The third-order valence-corrected chi connectivity index (χ3v) is 4.42. The largest absolute Gasteiger partial charge is 0.417 e. The molecule has 2 heterocycles. The fraction of sp³-hybridized carbons (Fsp3) is 0.312. The number of halogens is 3. The van der Waals surface area contributed by atoms with Gasteiger partial charge in [0, 0.05) is 24.2 Å². The summed E-state index contributed by atoms with van der Waals surface area (Å²) in [5.41, 5.74) is 4.30. The molecule has 0 aliphatic heterocycles. The van der Waals surface area contributed by atoms with Crippen molar-refractivity contribution in [1.29, 1.82) is 0 Å². The number of alkyl halides is 3. The Labute approximate surface area is 157 Å². The summed E-state index contributed by atoms with van der Waals surface area (Å²) in [5, 5.41) is 9.81. The van der Waals surface area contributed by atoms with E-state index in [9.17, 15) is 22.8 Å². The van der Waals surface area contributed by atoms with E-state index in [1.807, 2.05) is 5.38 Å². The lowest BCUT2D eigenvalue weighted by Gasteiger charge is -2.16. The number of pyridine rings is 1. The number of carbonyl (C=O) groups excluding carboxylic acids is 2. The van der Waals surface area contributed by atoms with Gasteiger partial charge in [0.15, 0.2) is 0 Å². The zero-order valence-corrected chi connectivity index (χ0v) is 14.9. The molecule has 0 aliphatic rings. The van der Waals surface area contributed by atoms with Crippen LogP contribution in [0.25, 0.3) is 0 Å². The van der Waals surface area contributed by atoms with Gasteiger partial charge in [-0.15, -0.1) is 11.3 Å². The quantitative estimate of drug-likeness (QED) is 0.510. The number of urea groups is 1. The van der Waals surface area contributed by atoms with E-state index in [0.29, 0.717) is 0 Å². The summed E-state index contributed by atoms with van der Waals surface area (Å²) in [6, 6.07) is 4.48. The van der Waals surface area contributed by atoms with Crippen molar-refractivity contribution in [1.82, 2.24) is 15.6 Å². The van der Waals surface area contributed by atoms with Gasteiger partial charge in [-0.05, 0) is 23.6 Å². The number of thiophene rings is 1. The van der Waals surface area contributed by atoms with Crippen molar-refractivity contribution >= 4 is 29.1 Å². The normalized spacial score (nSPS) is 12.3. The lowest BCUT2D eigenvalue weighted by Crippen LogP contribution is -2.37. The van der Waals surface area contributed by atoms with Gasteiger partial charge in [0.1, 0.15) is 5.82 Å². The van der Waals surface area contributed by atoms with E-state index in [1.54, 1.807) is 12.1 Å². The molecule has 2 aromatic heterocycles. The molecule has 0 saturated carbocycles. The van der Waals surface area contributed by atoms with Crippen molar-refractivity contribution < 1.29 is 22.8 Å². The van der Waals surface area contributed by atoms with E-state index in [2.05, 4.69) is 20.9 Å². The smallest absolute Gasteiger partial charge is 0.368 e. The number of nitrogens with zero attached hydrogens (tertiary/aromatic N) is 1. The van der Waals surface area contributed by atoms with Gasteiger partial charge in [-0.3, -0.25) is 4.79 Å².